The van der Waals surface area contributed by atoms with E-state index >= 15 is 0 Å². The van der Waals surface area contributed by atoms with Crippen LogP contribution in [0.1, 0.15) is 5.69 Å². The van der Waals surface area contributed by atoms with Gasteiger partial charge in [-0.15, -0.1) is 11.3 Å². The van der Waals surface area contributed by atoms with E-state index in [9.17, 15) is 13.2 Å². The lowest BCUT2D eigenvalue weighted by molar-refractivity contribution is -0.136. The fourth-order valence-corrected chi connectivity index (χ4v) is 4.20. The van der Waals surface area contributed by atoms with Gasteiger partial charge in [-0.1, -0.05) is 30.3 Å². The number of aromatic nitrogens is 1. The Balaban J connectivity index is 1.56. The SMILES string of the molecule is O=C(O)Cc1csc(NCCNS(=O)(=O)c2ccc3ccccc3c2)n1. The van der Waals surface area contributed by atoms with E-state index in [-0.39, 0.29) is 17.9 Å². The number of carboxylic acids is 1. The topological polar surface area (TPSA) is 108 Å². The predicted molar refractivity (Wildman–Crippen MR) is 101 cm³/mol. The van der Waals surface area contributed by atoms with E-state index in [1.807, 2.05) is 24.3 Å². The lowest BCUT2D eigenvalue weighted by atomic mass is 10.1. The molecule has 1 aromatic heterocycles. The first kappa shape index (κ1) is 18.3. The van der Waals surface area contributed by atoms with Gasteiger partial charge in [-0.2, -0.15) is 0 Å². The van der Waals surface area contributed by atoms with Gasteiger partial charge < -0.3 is 10.4 Å². The van der Waals surface area contributed by atoms with Gasteiger partial charge in [0.1, 0.15) is 0 Å². The van der Waals surface area contributed by atoms with E-state index in [2.05, 4.69) is 15.0 Å². The van der Waals surface area contributed by atoms with Crippen molar-refractivity contribution in [3.8, 4) is 0 Å². The molecular weight excluding hydrogens is 374 g/mol. The van der Waals surface area contributed by atoms with Crippen LogP contribution in [-0.4, -0.2) is 37.6 Å². The minimum atomic E-state index is -3.60. The van der Waals surface area contributed by atoms with E-state index in [1.165, 1.54) is 11.3 Å². The zero-order valence-corrected chi connectivity index (χ0v) is 15.3. The molecule has 0 bridgehead atoms. The molecule has 0 saturated carbocycles. The average Bonchev–Trinajstić information content (AvgIpc) is 3.05. The van der Waals surface area contributed by atoms with Crippen molar-refractivity contribution in [3.05, 3.63) is 53.5 Å². The Bertz CT molecular complexity index is 1030. The summed E-state index contributed by atoms with van der Waals surface area (Å²) in [4.78, 5) is 15.0. The molecule has 0 saturated heterocycles. The molecule has 0 atom stereocenters. The highest BCUT2D eigenvalue weighted by atomic mass is 32.2. The molecule has 2 aromatic carbocycles. The van der Waals surface area contributed by atoms with Crippen LogP contribution >= 0.6 is 11.3 Å². The van der Waals surface area contributed by atoms with E-state index in [1.54, 1.807) is 23.6 Å². The summed E-state index contributed by atoms with van der Waals surface area (Å²) in [7, 11) is -3.60. The third kappa shape index (κ3) is 4.57. The average molecular weight is 391 g/mol. The number of anilines is 1. The van der Waals surface area contributed by atoms with Crippen molar-refractivity contribution in [2.24, 2.45) is 0 Å². The number of carboxylic acid groups (broad SMARTS) is 1. The van der Waals surface area contributed by atoms with Gasteiger partial charge in [-0.25, -0.2) is 18.1 Å². The molecule has 136 valence electrons. The first-order valence-electron chi connectivity index (χ1n) is 7.82. The molecule has 9 heteroatoms. The molecule has 0 amide bonds. The maximum Gasteiger partial charge on any atom is 0.309 e. The van der Waals surface area contributed by atoms with E-state index in [0.717, 1.165) is 10.8 Å². The molecule has 0 fully saturated rings. The van der Waals surface area contributed by atoms with Gasteiger partial charge in [0.25, 0.3) is 0 Å². The molecule has 0 unspecified atom stereocenters. The molecule has 3 N–H and O–H groups in total. The van der Waals surface area contributed by atoms with Crippen LogP contribution in [0.15, 0.2) is 52.7 Å². The smallest absolute Gasteiger partial charge is 0.309 e. The summed E-state index contributed by atoms with van der Waals surface area (Å²) < 4.78 is 27.3. The Labute approximate surface area is 154 Å². The summed E-state index contributed by atoms with van der Waals surface area (Å²) in [5.41, 5.74) is 0.474. The normalized spacial score (nSPS) is 11.5. The van der Waals surface area contributed by atoms with E-state index < -0.39 is 16.0 Å². The van der Waals surface area contributed by atoms with Crippen LogP contribution in [0.5, 0.6) is 0 Å². The summed E-state index contributed by atoms with van der Waals surface area (Å²) in [5, 5.41) is 15.8. The lowest BCUT2D eigenvalue weighted by Gasteiger charge is -2.08. The number of hydrogen-bond donors (Lipinski definition) is 3. The zero-order valence-electron chi connectivity index (χ0n) is 13.7. The number of sulfonamides is 1. The highest BCUT2D eigenvalue weighted by Crippen LogP contribution is 2.19. The van der Waals surface area contributed by atoms with E-state index in [4.69, 9.17) is 5.11 Å². The van der Waals surface area contributed by atoms with Crippen molar-refractivity contribution in [2.45, 2.75) is 11.3 Å². The first-order chi connectivity index (χ1) is 12.4. The largest absolute Gasteiger partial charge is 0.481 e. The number of aliphatic carboxylic acids is 1. The molecule has 0 aliphatic heterocycles. The third-order valence-electron chi connectivity index (χ3n) is 3.61. The number of nitrogens with zero attached hydrogens (tertiary/aromatic N) is 1. The molecule has 3 rings (SSSR count). The molecular formula is C17H17N3O4S2. The molecule has 3 aromatic rings. The van der Waals surface area contributed by atoms with Crippen molar-refractivity contribution in [3.63, 3.8) is 0 Å². The lowest BCUT2D eigenvalue weighted by Crippen LogP contribution is -2.28. The summed E-state index contributed by atoms with van der Waals surface area (Å²) >= 11 is 1.28. The van der Waals surface area contributed by atoms with Crippen LogP contribution in [-0.2, 0) is 21.2 Å². The fraction of sp³-hybridized carbons (Fsp3) is 0.176. The molecule has 7 nitrogen and oxygen atoms in total. The molecule has 0 radical (unpaired) electrons. The number of hydrogen-bond acceptors (Lipinski definition) is 6. The minimum absolute atomic E-state index is 0.132. The number of fused-ring (bicyclic) bond motifs is 1. The Kier molecular flexibility index (Phi) is 5.50. The van der Waals surface area contributed by atoms with Gasteiger partial charge in [-0.3, -0.25) is 4.79 Å². The van der Waals surface area contributed by atoms with Crippen molar-refractivity contribution in [1.29, 1.82) is 0 Å². The molecule has 0 aliphatic carbocycles. The number of benzene rings is 2. The van der Waals surface area contributed by atoms with Crippen LogP contribution < -0.4 is 10.0 Å². The standard InChI is InChI=1S/C17H17N3O4S2/c21-16(22)10-14-11-25-17(20-14)18-7-8-19-26(23,24)15-6-5-12-3-1-2-4-13(12)9-15/h1-6,9,11,19H,7-8,10H2,(H,18,20)(H,21,22). The number of thiazole rings is 1. The Hall–Kier alpha value is -2.49. The number of rotatable bonds is 8. The maximum atomic E-state index is 12.4. The second-order valence-electron chi connectivity index (χ2n) is 5.55. The predicted octanol–water partition coefficient (Wildman–Crippen LogP) is 2.31. The summed E-state index contributed by atoms with van der Waals surface area (Å²) in [6, 6.07) is 12.6. The molecule has 26 heavy (non-hydrogen) atoms. The third-order valence-corrected chi connectivity index (χ3v) is 5.92. The maximum absolute atomic E-state index is 12.4. The van der Waals surface area contributed by atoms with Crippen LogP contribution in [0, 0.1) is 0 Å². The quantitative estimate of drug-likeness (QED) is 0.509. The summed E-state index contributed by atoms with van der Waals surface area (Å²) in [5.74, 6) is -0.940. The highest BCUT2D eigenvalue weighted by molar-refractivity contribution is 7.89. The second-order valence-corrected chi connectivity index (χ2v) is 8.17. The molecule has 0 spiro atoms. The van der Waals surface area contributed by atoms with Gasteiger partial charge in [0, 0.05) is 18.5 Å². The monoisotopic (exact) mass is 391 g/mol. The van der Waals surface area contributed by atoms with Gasteiger partial charge in [0.2, 0.25) is 10.0 Å². The van der Waals surface area contributed by atoms with Gasteiger partial charge in [-0.05, 0) is 22.9 Å². The molecule has 1 heterocycles. The number of carbonyl (C=O) groups is 1. The van der Waals surface area contributed by atoms with E-state index in [0.29, 0.717) is 17.4 Å². The summed E-state index contributed by atoms with van der Waals surface area (Å²) in [6.07, 6.45) is -0.132. The minimum Gasteiger partial charge on any atom is -0.481 e. The zero-order chi connectivity index (χ0) is 18.6. The second kappa shape index (κ2) is 7.81. The Morgan fingerprint density at radius 1 is 1.12 bits per heavy atom. The van der Waals surface area contributed by atoms with Crippen molar-refractivity contribution in [2.75, 3.05) is 18.4 Å². The number of nitrogens with one attached hydrogen (secondary N) is 2. The van der Waals surface area contributed by atoms with Gasteiger partial charge in [0.15, 0.2) is 5.13 Å². The highest BCUT2D eigenvalue weighted by Gasteiger charge is 2.14. The summed E-state index contributed by atoms with van der Waals surface area (Å²) in [6.45, 7) is 0.524. The van der Waals surface area contributed by atoms with Gasteiger partial charge >= 0.3 is 5.97 Å². The first-order valence-corrected chi connectivity index (χ1v) is 10.2. The van der Waals surface area contributed by atoms with Crippen LogP contribution in [0.3, 0.4) is 0 Å². The van der Waals surface area contributed by atoms with Crippen molar-refractivity contribution >= 4 is 43.2 Å². The Morgan fingerprint density at radius 2 is 1.88 bits per heavy atom. The van der Waals surface area contributed by atoms with Crippen molar-refractivity contribution in [1.82, 2.24) is 9.71 Å². The van der Waals surface area contributed by atoms with Crippen LogP contribution in [0.2, 0.25) is 0 Å². The molecule has 0 aliphatic rings. The van der Waals surface area contributed by atoms with Crippen LogP contribution in [0.4, 0.5) is 5.13 Å². The Morgan fingerprint density at radius 3 is 2.65 bits per heavy atom. The fourth-order valence-electron chi connectivity index (χ4n) is 2.40. The van der Waals surface area contributed by atoms with Gasteiger partial charge in [0.05, 0.1) is 17.0 Å². The van der Waals surface area contributed by atoms with Crippen LogP contribution in [0.25, 0.3) is 10.8 Å². The van der Waals surface area contributed by atoms with Crippen molar-refractivity contribution < 1.29 is 18.3 Å².